The van der Waals surface area contributed by atoms with Crippen LogP contribution in [0.3, 0.4) is 0 Å². The lowest BCUT2D eigenvalue weighted by atomic mass is 10.1. The highest BCUT2D eigenvalue weighted by Crippen LogP contribution is 2.22. The van der Waals surface area contributed by atoms with E-state index in [0.29, 0.717) is 31.8 Å². The molecule has 2 aromatic heterocycles. The number of amides is 2. The number of hydrogen-bond acceptors (Lipinski definition) is 4. The third-order valence-electron chi connectivity index (χ3n) is 4.05. The lowest BCUT2D eigenvalue weighted by Crippen LogP contribution is -2.47. The molecule has 128 valence electrons. The van der Waals surface area contributed by atoms with E-state index in [-0.39, 0.29) is 17.7 Å². The number of hydrogen-bond donors (Lipinski definition) is 1. The van der Waals surface area contributed by atoms with Crippen LogP contribution in [0.25, 0.3) is 0 Å². The fraction of sp³-hybridized carbons (Fsp3) is 0.471. The summed E-state index contributed by atoms with van der Waals surface area (Å²) in [5, 5.41) is 7.11. The van der Waals surface area contributed by atoms with Crippen LogP contribution in [0, 0.1) is 5.92 Å². The second-order valence-corrected chi connectivity index (χ2v) is 6.45. The number of nitrogens with zero attached hydrogens (tertiary/aromatic N) is 3. The van der Waals surface area contributed by atoms with Gasteiger partial charge in [0, 0.05) is 12.6 Å². The fourth-order valence-corrected chi connectivity index (χ4v) is 2.86. The van der Waals surface area contributed by atoms with Crippen molar-refractivity contribution >= 4 is 11.8 Å². The van der Waals surface area contributed by atoms with Crippen LogP contribution in [-0.2, 0) is 22.7 Å². The molecule has 1 aliphatic heterocycles. The first-order chi connectivity index (χ1) is 11.5. The summed E-state index contributed by atoms with van der Waals surface area (Å²) in [6.07, 6.45) is 3.72. The van der Waals surface area contributed by atoms with Crippen molar-refractivity contribution in [1.29, 1.82) is 0 Å². The van der Waals surface area contributed by atoms with E-state index in [1.165, 1.54) is 0 Å². The first kappa shape index (κ1) is 16.3. The average molecular weight is 330 g/mol. The van der Waals surface area contributed by atoms with Crippen molar-refractivity contribution < 1.29 is 14.0 Å². The van der Waals surface area contributed by atoms with Gasteiger partial charge < -0.3 is 14.6 Å². The summed E-state index contributed by atoms with van der Waals surface area (Å²) in [5.74, 6) is 0.878. The molecule has 1 N–H and O–H groups in total. The van der Waals surface area contributed by atoms with Crippen molar-refractivity contribution in [3.63, 3.8) is 0 Å². The molecule has 0 unspecified atom stereocenters. The van der Waals surface area contributed by atoms with E-state index in [2.05, 4.69) is 10.4 Å². The third kappa shape index (κ3) is 3.50. The lowest BCUT2D eigenvalue weighted by molar-refractivity contribution is -0.136. The summed E-state index contributed by atoms with van der Waals surface area (Å²) < 4.78 is 6.93. The van der Waals surface area contributed by atoms with E-state index in [1.807, 2.05) is 19.9 Å². The van der Waals surface area contributed by atoms with E-state index in [9.17, 15) is 9.59 Å². The smallest absolute Gasteiger partial charge is 0.247 e. The van der Waals surface area contributed by atoms with Gasteiger partial charge in [-0.1, -0.05) is 13.8 Å². The van der Waals surface area contributed by atoms with Gasteiger partial charge in [0.15, 0.2) is 0 Å². The Balaban J connectivity index is 1.71. The summed E-state index contributed by atoms with van der Waals surface area (Å²) >= 11 is 0. The van der Waals surface area contributed by atoms with Crippen LogP contribution in [0.1, 0.15) is 37.8 Å². The van der Waals surface area contributed by atoms with Crippen LogP contribution in [0.2, 0.25) is 0 Å². The number of carbonyl (C=O) groups excluding carboxylic acids is 2. The number of aromatic nitrogens is 2. The molecular formula is C17H22N4O3. The van der Waals surface area contributed by atoms with Crippen LogP contribution in [0.4, 0.5) is 0 Å². The first-order valence-electron chi connectivity index (χ1n) is 8.15. The summed E-state index contributed by atoms with van der Waals surface area (Å²) in [6, 6.07) is 4.91. The number of fused-ring (bicyclic) bond motifs is 1. The van der Waals surface area contributed by atoms with Gasteiger partial charge in [0.05, 0.1) is 31.6 Å². The number of carbonyl (C=O) groups is 2. The second kappa shape index (κ2) is 6.90. The molecule has 3 heterocycles. The highest BCUT2D eigenvalue weighted by atomic mass is 16.3. The van der Waals surface area contributed by atoms with Gasteiger partial charge in [-0.05, 0) is 24.1 Å². The van der Waals surface area contributed by atoms with Gasteiger partial charge in [-0.15, -0.1) is 0 Å². The summed E-state index contributed by atoms with van der Waals surface area (Å²) in [5.41, 5.74) is 0.872. The van der Waals surface area contributed by atoms with Crippen molar-refractivity contribution in [3.8, 4) is 0 Å². The standard InChI is InChI=1S/C17H22N4O3/c1-12(2)8-16(22)20-10-13-5-6-19-21(13)15(11-20)17(23)18-9-14-4-3-7-24-14/h3-7,12,15H,8-11H2,1-2H3,(H,18,23)/t15-/m1/s1. The fourth-order valence-electron chi connectivity index (χ4n) is 2.86. The monoisotopic (exact) mass is 330 g/mol. The van der Waals surface area contributed by atoms with E-state index in [4.69, 9.17) is 4.42 Å². The first-order valence-corrected chi connectivity index (χ1v) is 8.15. The Morgan fingerprint density at radius 1 is 1.42 bits per heavy atom. The van der Waals surface area contributed by atoms with Crippen LogP contribution in [-0.4, -0.2) is 33.0 Å². The topological polar surface area (TPSA) is 80.4 Å². The quantitative estimate of drug-likeness (QED) is 0.905. The van der Waals surface area contributed by atoms with Gasteiger partial charge in [0.25, 0.3) is 0 Å². The van der Waals surface area contributed by atoms with Crippen molar-refractivity contribution in [3.05, 3.63) is 42.1 Å². The van der Waals surface area contributed by atoms with Crippen LogP contribution < -0.4 is 5.32 Å². The summed E-state index contributed by atoms with van der Waals surface area (Å²) in [7, 11) is 0. The zero-order valence-corrected chi connectivity index (χ0v) is 13.9. The molecule has 24 heavy (non-hydrogen) atoms. The molecular weight excluding hydrogens is 308 g/mol. The number of nitrogens with one attached hydrogen (secondary N) is 1. The van der Waals surface area contributed by atoms with Gasteiger partial charge in [-0.3, -0.25) is 14.3 Å². The highest BCUT2D eigenvalue weighted by Gasteiger charge is 2.33. The Kier molecular flexibility index (Phi) is 4.69. The maximum Gasteiger partial charge on any atom is 0.247 e. The van der Waals surface area contributed by atoms with Crippen molar-refractivity contribution in [1.82, 2.24) is 20.0 Å². The molecule has 7 heteroatoms. The Hall–Kier alpha value is -2.57. The Morgan fingerprint density at radius 3 is 2.96 bits per heavy atom. The molecule has 0 aliphatic carbocycles. The summed E-state index contributed by atoms with van der Waals surface area (Å²) in [6.45, 7) is 5.18. The molecule has 1 aliphatic rings. The van der Waals surface area contributed by atoms with Crippen molar-refractivity contribution in [2.24, 2.45) is 5.92 Å². The molecule has 0 fully saturated rings. The van der Waals surface area contributed by atoms with E-state index in [1.54, 1.807) is 34.2 Å². The van der Waals surface area contributed by atoms with Gasteiger partial charge >= 0.3 is 0 Å². The molecule has 7 nitrogen and oxygen atoms in total. The van der Waals surface area contributed by atoms with E-state index >= 15 is 0 Å². The normalized spacial score (nSPS) is 17.0. The van der Waals surface area contributed by atoms with Gasteiger partial charge in [-0.2, -0.15) is 5.10 Å². The third-order valence-corrected chi connectivity index (χ3v) is 4.05. The molecule has 0 bridgehead atoms. The second-order valence-electron chi connectivity index (χ2n) is 6.45. The molecule has 0 saturated carbocycles. The Bertz CT molecular complexity index is 705. The molecule has 0 aromatic carbocycles. The van der Waals surface area contributed by atoms with Gasteiger partial charge in [0.2, 0.25) is 11.8 Å². The molecule has 2 aromatic rings. The molecule has 2 amide bonds. The van der Waals surface area contributed by atoms with Crippen LogP contribution >= 0.6 is 0 Å². The van der Waals surface area contributed by atoms with Crippen molar-refractivity contribution in [2.45, 2.75) is 39.4 Å². The minimum Gasteiger partial charge on any atom is -0.467 e. The minimum atomic E-state index is -0.519. The van der Waals surface area contributed by atoms with Gasteiger partial charge in [-0.25, -0.2) is 0 Å². The number of rotatable bonds is 5. The Morgan fingerprint density at radius 2 is 2.25 bits per heavy atom. The maximum absolute atomic E-state index is 12.6. The molecule has 0 spiro atoms. The molecule has 0 saturated heterocycles. The minimum absolute atomic E-state index is 0.0706. The van der Waals surface area contributed by atoms with E-state index in [0.717, 1.165) is 5.69 Å². The highest BCUT2D eigenvalue weighted by molar-refractivity contribution is 5.82. The Labute approximate surface area is 140 Å². The van der Waals surface area contributed by atoms with Crippen molar-refractivity contribution in [2.75, 3.05) is 6.54 Å². The van der Waals surface area contributed by atoms with Crippen LogP contribution in [0.15, 0.2) is 35.1 Å². The van der Waals surface area contributed by atoms with Crippen LogP contribution in [0.5, 0.6) is 0 Å². The predicted octanol–water partition coefficient (Wildman–Crippen LogP) is 1.72. The zero-order valence-electron chi connectivity index (χ0n) is 13.9. The SMILES string of the molecule is CC(C)CC(=O)N1Cc2ccnn2[C@@H](C(=O)NCc2ccco2)C1. The van der Waals surface area contributed by atoms with E-state index < -0.39 is 6.04 Å². The average Bonchev–Trinajstić information content (AvgIpc) is 3.21. The van der Waals surface area contributed by atoms with Gasteiger partial charge in [0.1, 0.15) is 11.8 Å². The molecule has 1 atom stereocenters. The lowest BCUT2D eigenvalue weighted by Gasteiger charge is -2.33. The largest absolute Gasteiger partial charge is 0.467 e. The molecule has 3 rings (SSSR count). The number of furan rings is 1. The zero-order chi connectivity index (χ0) is 17.1. The predicted molar refractivity (Wildman–Crippen MR) is 86.7 cm³/mol. The maximum atomic E-state index is 12.6. The summed E-state index contributed by atoms with van der Waals surface area (Å²) in [4.78, 5) is 26.7. The molecule has 0 radical (unpaired) electrons.